The molecule has 0 unspecified atom stereocenters. The van der Waals surface area contributed by atoms with E-state index in [0.29, 0.717) is 17.0 Å². The highest BCUT2D eigenvalue weighted by Gasteiger charge is 2.15. The molecule has 0 aliphatic rings. The molecule has 3 N–H and O–H groups in total. The average molecular weight is 513 g/mol. The first-order valence-corrected chi connectivity index (χ1v) is 12.2. The van der Waals surface area contributed by atoms with Crippen LogP contribution in [0.15, 0.2) is 75.1 Å². The van der Waals surface area contributed by atoms with Gasteiger partial charge >= 0.3 is 17.8 Å². The number of furan rings is 1. The van der Waals surface area contributed by atoms with Crippen molar-refractivity contribution in [3.8, 4) is 0 Å². The van der Waals surface area contributed by atoms with E-state index >= 15 is 0 Å². The summed E-state index contributed by atoms with van der Waals surface area (Å²) in [6, 6.07) is 15.3. The normalized spacial score (nSPS) is 11.3. The number of hydrogen-bond acceptors (Lipinski definition) is 8. The first-order chi connectivity index (χ1) is 17.2. The zero-order chi connectivity index (χ0) is 26.1. The number of hydrazone groups is 1. The van der Waals surface area contributed by atoms with E-state index in [0.717, 1.165) is 11.8 Å². The average Bonchev–Trinajstić information content (AvgIpc) is 3.31. The number of ether oxygens (including phenoxy) is 1. The van der Waals surface area contributed by atoms with Crippen LogP contribution in [0.25, 0.3) is 0 Å². The molecule has 1 aromatic heterocycles. The number of anilines is 1. The molecular formula is C24H24N4O7S. The Morgan fingerprint density at radius 1 is 0.972 bits per heavy atom. The van der Waals surface area contributed by atoms with Gasteiger partial charge < -0.3 is 14.5 Å². The van der Waals surface area contributed by atoms with Gasteiger partial charge in [0.05, 0.1) is 29.8 Å². The summed E-state index contributed by atoms with van der Waals surface area (Å²) in [5.41, 5.74) is 3.62. The zero-order valence-corrected chi connectivity index (χ0v) is 20.3. The number of carbonyl (C=O) groups is 3. The van der Waals surface area contributed by atoms with E-state index in [1.165, 1.54) is 42.5 Å². The molecule has 0 fully saturated rings. The molecule has 11 nitrogen and oxygen atoms in total. The quantitative estimate of drug-likeness (QED) is 0.172. The fraction of sp³-hybridized carbons (Fsp3) is 0.167. The molecule has 0 aliphatic heterocycles. The summed E-state index contributed by atoms with van der Waals surface area (Å²) in [4.78, 5) is 35.8. The summed E-state index contributed by atoms with van der Waals surface area (Å²) >= 11 is 0. The zero-order valence-electron chi connectivity index (χ0n) is 19.5. The first-order valence-electron chi connectivity index (χ1n) is 10.7. The topological polar surface area (TPSA) is 156 Å². The van der Waals surface area contributed by atoms with Gasteiger partial charge in [0.2, 0.25) is 10.0 Å². The van der Waals surface area contributed by atoms with Crippen LogP contribution in [-0.2, 0) is 30.9 Å². The van der Waals surface area contributed by atoms with Crippen molar-refractivity contribution < 1.29 is 32.0 Å². The number of nitrogens with one attached hydrogen (secondary N) is 3. The van der Waals surface area contributed by atoms with Gasteiger partial charge in [0, 0.05) is 5.69 Å². The van der Waals surface area contributed by atoms with Crippen molar-refractivity contribution in [1.82, 2.24) is 10.1 Å². The van der Waals surface area contributed by atoms with Crippen LogP contribution in [0.1, 0.15) is 34.4 Å². The molecule has 0 saturated heterocycles. The van der Waals surface area contributed by atoms with Gasteiger partial charge in [-0.25, -0.2) is 23.4 Å². The van der Waals surface area contributed by atoms with Crippen LogP contribution in [0, 0.1) is 6.92 Å². The maximum atomic E-state index is 12.4. The molecule has 0 aliphatic carbocycles. The maximum Gasteiger partial charge on any atom is 0.338 e. The van der Waals surface area contributed by atoms with Gasteiger partial charge in [-0.05, 0) is 62.4 Å². The van der Waals surface area contributed by atoms with Crippen LogP contribution in [0.5, 0.6) is 0 Å². The van der Waals surface area contributed by atoms with Crippen molar-refractivity contribution in [3.05, 3.63) is 83.3 Å². The van der Waals surface area contributed by atoms with Gasteiger partial charge in [0.1, 0.15) is 11.5 Å². The first kappa shape index (κ1) is 26.3. The predicted octanol–water partition coefficient (Wildman–Crippen LogP) is 2.33. The highest BCUT2D eigenvalue weighted by atomic mass is 32.2. The summed E-state index contributed by atoms with van der Waals surface area (Å²) in [6.07, 6.45) is 1.16. The van der Waals surface area contributed by atoms with Crippen LogP contribution in [0.4, 0.5) is 5.69 Å². The Kier molecular flexibility index (Phi) is 8.71. The van der Waals surface area contributed by atoms with E-state index in [9.17, 15) is 22.8 Å². The number of hydrogen-bond donors (Lipinski definition) is 3. The lowest BCUT2D eigenvalue weighted by Crippen LogP contribution is -2.32. The van der Waals surface area contributed by atoms with Gasteiger partial charge in [-0.1, -0.05) is 17.7 Å². The molecule has 2 amide bonds. The number of aryl methyl sites for hydroxylation is 1. The van der Waals surface area contributed by atoms with Crippen molar-refractivity contribution in [2.24, 2.45) is 5.10 Å². The van der Waals surface area contributed by atoms with Crippen molar-refractivity contribution in [2.45, 2.75) is 25.3 Å². The predicted molar refractivity (Wildman–Crippen MR) is 131 cm³/mol. The van der Waals surface area contributed by atoms with Crippen LogP contribution in [-0.4, -0.2) is 39.0 Å². The third-order valence-electron chi connectivity index (χ3n) is 4.67. The molecule has 0 saturated carbocycles. The minimum Gasteiger partial charge on any atom is -0.462 e. The Bertz CT molecular complexity index is 1360. The maximum absolute atomic E-state index is 12.4. The Morgan fingerprint density at radius 3 is 2.33 bits per heavy atom. The van der Waals surface area contributed by atoms with Gasteiger partial charge in [-0.2, -0.15) is 5.10 Å². The highest BCUT2D eigenvalue weighted by Crippen LogP contribution is 2.12. The molecular weight excluding hydrogens is 488 g/mol. The summed E-state index contributed by atoms with van der Waals surface area (Å²) in [5.74, 6) is -1.94. The molecule has 36 heavy (non-hydrogen) atoms. The SMILES string of the molecule is CCOC(=O)c1ccc(NC(=O)C(=O)N/N=C/c2ccc(CNS(=O)(=O)c3ccc(C)cc3)o2)cc1. The number of carbonyl (C=O) groups excluding carboxylic acids is 3. The molecule has 2 aromatic carbocycles. The third kappa shape index (κ3) is 7.35. The van der Waals surface area contributed by atoms with Crippen LogP contribution < -0.4 is 15.5 Å². The lowest BCUT2D eigenvalue weighted by molar-refractivity contribution is -0.136. The van der Waals surface area contributed by atoms with Crippen LogP contribution >= 0.6 is 0 Å². The van der Waals surface area contributed by atoms with Crippen molar-refractivity contribution in [1.29, 1.82) is 0 Å². The number of amides is 2. The fourth-order valence-electron chi connectivity index (χ4n) is 2.82. The van der Waals surface area contributed by atoms with E-state index < -0.39 is 27.8 Å². The molecule has 0 atom stereocenters. The van der Waals surface area contributed by atoms with E-state index in [-0.39, 0.29) is 23.8 Å². The second kappa shape index (κ2) is 11.9. The minimum atomic E-state index is -3.71. The van der Waals surface area contributed by atoms with Gasteiger partial charge in [0.15, 0.2) is 0 Å². The Morgan fingerprint density at radius 2 is 1.67 bits per heavy atom. The summed E-state index contributed by atoms with van der Waals surface area (Å²) < 4.78 is 37.5. The summed E-state index contributed by atoms with van der Waals surface area (Å²) in [7, 11) is -3.71. The fourth-order valence-corrected chi connectivity index (χ4v) is 3.82. The van der Waals surface area contributed by atoms with E-state index in [1.54, 1.807) is 25.1 Å². The standard InChI is InChI=1S/C24H24N4O7S/c1-3-34-24(31)17-6-8-18(9-7-17)27-22(29)23(30)28-25-14-19-10-11-20(35-19)15-26-36(32,33)21-12-4-16(2)5-13-21/h4-14,26H,3,15H2,1-2H3,(H,27,29)(H,28,30)/b25-14+. The Labute approximate surface area is 207 Å². The van der Waals surface area contributed by atoms with E-state index in [2.05, 4.69) is 20.6 Å². The molecule has 0 radical (unpaired) electrons. The number of sulfonamides is 1. The van der Waals surface area contributed by atoms with Crippen molar-refractivity contribution in [2.75, 3.05) is 11.9 Å². The van der Waals surface area contributed by atoms with Crippen molar-refractivity contribution >= 4 is 39.7 Å². The number of nitrogens with zero attached hydrogens (tertiary/aromatic N) is 1. The number of esters is 1. The molecule has 3 rings (SSSR count). The minimum absolute atomic E-state index is 0.0895. The lowest BCUT2D eigenvalue weighted by atomic mass is 10.2. The Balaban J connectivity index is 1.48. The summed E-state index contributed by atoms with van der Waals surface area (Å²) in [5, 5.41) is 6.04. The van der Waals surface area contributed by atoms with E-state index in [4.69, 9.17) is 9.15 Å². The molecule has 1 heterocycles. The van der Waals surface area contributed by atoms with Gasteiger partial charge in [-0.15, -0.1) is 0 Å². The smallest absolute Gasteiger partial charge is 0.338 e. The second-order valence-electron chi connectivity index (χ2n) is 7.39. The van der Waals surface area contributed by atoms with E-state index in [1.807, 2.05) is 6.92 Å². The van der Waals surface area contributed by atoms with Crippen molar-refractivity contribution in [3.63, 3.8) is 0 Å². The monoisotopic (exact) mass is 512 g/mol. The van der Waals surface area contributed by atoms with Crippen LogP contribution in [0.2, 0.25) is 0 Å². The van der Waals surface area contributed by atoms with Gasteiger partial charge in [-0.3, -0.25) is 9.59 Å². The lowest BCUT2D eigenvalue weighted by Gasteiger charge is -2.05. The Hall–Kier alpha value is -4.29. The molecule has 0 bridgehead atoms. The molecule has 3 aromatic rings. The number of rotatable bonds is 9. The molecule has 188 valence electrons. The largest absolute Gasteiger partial charge is 0.462 e. The third-order valence-corrected chi connectivity index (χ3v) is 6.09. The molecule has 12 heteroatoms. The van der Waals surface area contributed by atoms with Crippen LogP contribution in [0.3, 0.4) is 0 Å². The highest BCUT2D eigenvalue weighted by molar-refractivity contribution is 7.89. The van der Waals surface area contributed by atoms with Gasteiger partial charge in [0.25, 0.3) is 0 Å². The summed E-state index contributed by atoms with van der Waals surface area (Å²) in [6.45, 7) is 3.70. The molecule has 0 spiro atoms. The second-order valence-corrected chi connectivity index (χ2v) is 9.16. The number of benzene rings is 2.